The third kappa shape index (κ3) is 5.57. The topological polar surface area (TPSA) is 21.3 Å². The molecule has 17 heavy (non-hydrogen) atoms. The Hall–Kier alpha value is -0.520. The molecule has 0 saturated heterocycles. The van der Waals surface area contributed by atoms with Crippen LogP contribution in [0, 0.1) is 23.2 Å². The maximum atomic E-state index is 5.87. The van der Waals surface area contributed by atoms with E-state index in [0.717, 1.165) is 18.9 Å². The molecule has 1 saturated carbocycles. The lowest BCUT2D eigenvalue weighted by molar-refractivity contribution is 0.0222. The van der Waals surface area contributed by atoms with E-state index in [1.54, 1.807) is 0 Å². The van der Waals surface area contributed by atoms with Gasteiger partial charge in [0, 0.05) is 24.5 Å². The van der Waals surface area contributed by atoms with Gasteiger partial charge in [0.05, 0.1) is 6.10 Å². The van der Waals surface area contributed by atoms with Crippen molar-refractivity contribution >= 4 is 0 Å². The Bertz CT molecular complexity index is 278. The molecule has 0 heterocycles. The molecule has 0 aromatic carbocycles. The van der Waals surface area contributed by atoms with Crippen LogP contribution in [0.15, 0.2) is 0 Å². The molecule has 1 N–H and O–H groups in total. The predicted octanol–water partition coefficient (Wildman–Crippen LogP) is 2.83. The normalized spacial score (nSPS) is 19.4. The van der Waals surface area contributed by atoms with Gasteiger partial charge in [-0.3, -0.25) is 0 Å². The molecule has 1 fully saturated rings. The molecule has 2 atom stereocenters. The number of ether oxygens (including phenoxy) is 1. The molecule has 2 nitrogen and oxygen atoms in total. The quantitative estimate of drug-likeness (QED) is 0.717. The molecule has 1 aliphatic carbocycles. The average Bonchev–Trinajstić information content (AvgIpc) is 3.04. The first-order valence-electron chi connectivity index (χ1n) is 6.77. The van der Waals surface area contributed by atoms with Crippen molar-refractivity contribution in [2.24, 2.45) is 11.3 Å². The van der Waals surface area contributed by atoms with Crippen LogP contribution in [0.1, 0.15) is 47.0 Å². The Labute approximate surface area is 107 Å². The van der Waals surface area contributed by atoms with E-state index in [-0.39, 0.29) is 5.41 Å². The van der Waals surface area contributed by atoms with Crippen LogP contribution in [0.3, 0.4) is 0 Å². The Balaban J connectivity index is 2.52. The number of nitrogens with one attached hydrogen (secondary N) is 1. The fraction of sp³-hybridized carbons (Fsp3) is 0.867. The molecule has 0 spiro atoms. The monoisotopic (exact) mass is 237 g/mol. The van der Waals surface area contributed by atoms with E-state index in [2.05, 4.69) is 44.9 Å². The lowest BCUT2D eigenvalue weighted by Gasteiger charge is -2.25. The Kier molecular flexibility index (Phi) is 5.49. The van der Waals surface area contributed by atoms with Crippen LogP contribution in [0.2, 0.25) is 0 Å². The summed E-state index contributed by atoms with van der Waals surface area (Å²) in [5.74, 6) is 7.36. The van der Waals surface area contributed by atoms with Crippen molar-refractivity contribution in [2.75, 3.05) is 13.7 Å². The lowest BCUT2D eigenvalue weighted by Crippen LogP contribution is -2.40. The molecule has 1 aliphatic rings. The Morgan fingerprint density at radius 2 is 2.00 bits per heavy atom. The summed E-state index contributed by atoms with van der Waals surface area (Å²) in [6.45, 7) is 9.31. The average molecular weight is 237 g/mol. The van der Waals surface area contributed by atoms with Crippen molar-refractivity contribution in [3.05, 3.63) is 0 Å². The maximum absolute atomic E-state index is 5.87. The number of rotatable bonds is 6. The zero-order valence-electron chi connectivity index (χ0n) is 12.0. The summed E-state index contributed by atoms with van der Waals surface area (Å²) in [6, 6.07) is 0.372. The van der Waals surface area contributed by atoms with Gasteiger partial charge in [-0.05, 0) is 53.5 Å². The molecule has 0 bridgehead atoms. The molecule has 0 aromatic rings. The van der Waals surface area contributed by atoms with Gasteiger partial charge < -0.3 is 10.1 Å². The molecule has 0 aliphatic heterocycles. The second-order valence-corrected chi connectivity index (χ2v) is 5.91. The van der Waals surface area contributed by atoms with Crippen molar-refractivity contribution in [3.8, 4) is 11.8 Å². The first kappa shape index (κ1) is 14.5. The van der Waals surface area contributed by atoms with Gasteiger partial charge in [-0.15, -0.1) is 5.92 Å². The summed E-state index contributed by atoms with van der Waals surface area (Å²) in [7, 11) is 2.01. The van der Waals surface area contributed by atoms with Crippen molar-refractivity contribution < 1.29 is 4.74 Å². The molecule has 0 radical (unpaired) electrons. The molecule has 1 rings (SSSR count). The second kappa shape index (κ2) is 6.42. The number of hydrogen-bond acceptors (Lipinski definition) is 2. The molecular weight excluding hydrogens is 210 g/mol. The first-order valence-corrected chi connectivity index (χ1v) is 6.77. The largest absolute Gasteiger partial charge is 0.377 e. The van der Waals surface area contributed by atoms with Gasteiger partial charge in [-0.2, -0.15) is 0 Å². The van der Waals surface area contributed by atoms with E-state index in [4.69, 9.17) is 4.74 Å². The fourth-order valence-corrected chi connectivity index (χ4v) is 2.01. The van der Waals surface area contributed by atoms with Gasteiger partial charge >= 0.3 is 0 Å². The highest BCUT2D eigenvalue weighted by molar-refractivity contribution is 5.09. The lowest BCUT2D eigenvalue weighted by atomic mass is 9.96. The summed E-state index contributed by atoms with van der Waals surface area (Å²) in [5, 5.41) is 3.37. The zero-order chi connectivity index (χ0) is 12.9. The van der Waals surface area contributed by atoms with Crippen LogP contribution in [0.4, 0.5) is 0 Å². The molecule has 2 heteroatoms. The van der Waals surface area contributed by atoms with E-state index in [1.165, 1.54) is 12.8 Å². The van der Waals surface area contributed by atoms with Crippen molar-refractivity contribution in [1.29, 1.82) is 0 Å². The third-order valence-corrected chi connectivity index (χ3v) is 3.00. The molecule has 0 aromatic heterocycles. The van der Waals surface area contributed by atoms with E-state index in [9.17, 15) is 0 Å². The molecule has 2 unspecified atom stereocenters. The van der Waals surface area contributed by atoms with Crippen LogP contribution in [0.5, 0.6) is 0 Å². The van der Waals surface area contributed by atoms with Gasteiger partial charge in [0.25, 0.3) is 0 Å². The van der Waals surface area contributed by atoms with Crippen molar-refractivity contribution in [3.63, 3.8) is 0 Å². The van der Waals surface area contributed by atoms with Crippen molar-refractivity contribution in [2.45, 2.75) is 59.1 Å². The van der Waals surface area contributed by atoms with E-state index < -0.39 is 0 Å². The van der Waals surface area contributed by atoms with Gasteiger partial charge in [-0.1, -0.05) is 5.92 Å². The fourth-order valence-electron chi connectivity index (χ4n) is 2.01. The smallest absolute Gasteiger partial charge is 0.0765 e. The van der Waals surface area contributed by atoms with E-state index in [1.807, 2.05) is 7.05 Å². The second-order valence-electron chi connectivity index (χ2n) is 5.91. The highest BCUT2D eigenvalue weighted by atomic mass is 16.5. The molecule has 98 valence electrons. The molecule has 0 amide bonds. The summed E-state index contributed by atoms with van der Waals surface area (Å²) in [4.78, 5) is 0. The molecular formula is C15H27NO. The predicted molar refractivity (Wildman–Crippen MR) is 72.8 cm³/mol. The van der Waals surface area contributed by atoms with Gasteiger partial charge in [-0.25, -0.2) is 0 Å². The van der Waals surface area contributed by atoms with Crippen LogP contribution in [0.25, 0.3) is 0 Å². The maximum Gasteiger partial charge on any atom is 0.0765 e. The van der Waals surface area contributed by atoms with Crippen LogP contribution in [-0.4, -0.2) is 25.8 Å². The van der Waals surface area contributed by atoms with Crippen LogP contribution < -0.4 is 5.32 Å². The minimum Gasteiger partial charge on any atom is -0.377 e. The van der Waals surface area contributed by atoms with E-state index in [0.29, 0.717) is 12.1 Å². The minimum absolute atomic E-state index is 0.0962. The number of hydrogen-bond donors (Lipinski definition) is 1. The third-order valence-electron chi connectivity index (χ3n) is 3.00. The number of likely N-dealkylation sites (N-methyl/N-ethyl adjacent to an activating group) is 1. The van der Waals surface area contributed by atoms with Crippen LogP contribution >= 0.6 is 0 Å². The van der Waals surface area contributed by atoms with E-state index >= 15 is 0 Å². The standard InChI is InChI=1S/C15H27NO/c1-6-17-14(12-9-10-12)13(16-5)8-7-11-15(2,3)4/h12-14,16H,6,8-10H2,1-5H3. The Morgan fingerprint density at radius 3 is 2.41 bits per heavy atom. The Morgan fingerprint density at radius 1 is 1.35 bits per heavy atom. The zero-order valence-corrected chi connectivity index (χ0v) is 12.0. The summed E-state index contributed by atoms with van der Waals surface area (Å²) in [6.07, 6.45) is 3.86. The van der Waals surface area contributed by atoms with Crippen LogP contribution in [-0.2, 0) is 4.74 Å². The first-order chi connectivity index (χ1) is 7.98. The van der Waals surface area contributed by atoms with Gasteiger partial charge in [0.15, 0.2) is 0 Å². The van der Waals surface area contributed by atoms with Gasteiger partial charge in [0.2, 0.25) is 0 Å². The summed E-state index contributed by atoms with van der Waals surface area (Å²) in [5.41, 5.74) is 0.0962. The van der Waals surface area contributed by atoms with Crippen molar-refractivity contribution in [1.82, 2.24) is 5.32 Å². The summed E-state index contributed by atoms with van der Waals surface area (Å²) < 4.78 is 5.87. The minimum atomic E-state index is 0.0962. The highest BCUT2D eigenvalue weighted by Gasteiger charge is 2.36. The van der Waals surface area contributed by atoms with Gasteiger partial charge in [0.1, 0.15) is 0 Å². The summed E-state index contributed by atoms with van der Waals surface area (Å²) >= 11 is 0. The SMILES string of the molecule is CCOC(C1CC1)C(CC#CC(C)(C)C)NC. The highest BCUT2D eigenvalue weighted by Crippen LogP contribution is 2.36.